The van der Waals surface area contributed by atoms with E-state index >= 15 is 0 Å². The van der Waals surface area contributed by atoms with Gasteiger partial charge in [-0.25, -0.2) is 0 Å². The Balaban J connectivity index is 2.26. The number of hydrogen-bond acceptors (Lipinski definition) is 5. The van der Waals surface area contributed by atoms with Gasteiger partial charge in [0.25, 0.3) is 5.91 Å². The van der Waals surface area contributed by atoms with E-state index in [2.05, 4.69) is 5.32 Å². The number of aromatic hydroxyl groups is 1. The molecule has 1 amide bonds. The quantitative estimate of drug-likeness (QED) is 0.413. The number of carbonyl (C=O) groups excluding carboxylic acids is 1. The second kappa shape index (κ2) is 8.39. The fourth-order valence-electron chi connectivity index (χ4n) is 2.02. The number of nitrogens with zero attached hydrogens (tertiary/aromatic N) is 1. The molecule has 2 aromatic rings. The van der Waals surface area contributed by atoms with E-state index in [0.29, 0.717) is 20.6 Å². The molecule has 2 rings (SSSR count). The maximum atomic E-state index is 12.3. The summed E-state index contributed by atoms with van der Waals surface area (Å²) in [5.41, 5.74) is 1.05. The van der Waals surface area contributed by atoms with E-state index < -0.39 is 5.91 Å². The lowest BCUT2D eigenvalue weighted by Gasteiger charge is -2.08. The van der Waals surface area contributed by atoms with Crippen molar-refractivity contribution in [2.45, 2.75) is 0 Å². The Kier molecular flexibility index (Phi) is 6.25. The van der Waals surface area contributed by atoms with E-state index in [1.54, 1.807) is 43.5 Å². The summed E-state index contributed by atoms with van der Waals surface area (Å²) in [7, 11) is 2.98. The van der Waals surface area contributed by atoms with Crippen molar-refractivity contribution in [1.82, 2.24) is 0 Å². The lowest BCUT2D eigenvalue weighted by atomic mass is 10.1. The smallest absolute Gasteiger partial charge is 0.266 e. The first-order valence-corrected chi connectivity index (χ1v) is 8.20. The van der Waals surface area contributed by atoms with E-state index in [1.807, 2.05) is 28.7 Å². The predicted molar refractivity (Wildman–Crippen MR) is 103 cm³/mol. The zero-order chi connectivity index (χ0) is 18.4. The van der Waals surface area contributed by atoms with Crippen LogP contribution in [-0.4, -0.2) is 25.2 Å². The van der Waals surface area contributed by atoms with Crippen LogP contribution in [0.4, 0.5) is 5.69 Å². The molecule has 0 aliphatic rings. The van der Waals surface area contributed by atoms with E-state index in [0.717, 1.165) is 0 Å². The first kappa shape index (κ1) is 18.6. The van der Waals surface area contributed by atoms with Gasteiger partial charge in [-0.05, 0) is 70.6 Å². The standard InChI is InChI=1S/C18H15IN2O4/c1-24-14-5-3-13(4-6-14)21-18(23)12(10-20)7-11-8-15(19)17(22)16(9-11)25-2/h3-9,22H,1-2H3,(H,21,23)/b12-7-. The predicted octanol–water partition coefficient (Wildman–Crippen LogP) is 3.56. The molecule has 0 saturated carbocycles. The Morgan fingerprint density at radius 3 is 2.48 bits per heavy atom. The summed E-state index contributed by atoms with van der Waals surface area (Å²) in [5, 5.41) is 21.8. The van der Waals surface area contributed by atoms with Crippen molar-refractivity contribution in [3.63, 3.8) is 0 Å². The molecule has 0 radical (unpaired) electrons. The lowest BCUT2D eigenvalue weighted by molar-refractivity contribution is -0.112. The molecule has 0 spiro atoms. The van der Waals surface area contributed by atoms with Crippen LogP contribution < -0.4 is 14.8 Å². The number of phenolic OH excluding ortho intramolecular Hbond substituents is 1. The largest absolute Gasteiger partial charge is 0.504 e. The number of methoxy groups -OCH3 is 2. The number of carbonyl (C=O) groups is 1. The summed E-state index contributed by atoms with van der Waals surface area (Å²) in [6.45, 7) is 0. The Bertz CT molecular complexity index is 855. The number of amides is 1. The van der Waals surface area contributed by atoms with Gasteiger partial charge in [-0.1, -0.05) is 0 Å². The number of halogens is 1. The fourth-order valence-corrected chi connectivity index (χ4v) is 2.65. The van der Waals surface area contributed by atoms with Gasteiger partial charge in [-0.3, -0.25) is 4.79 Å². The molecule has 0 unspecified atom stereocenters. The number of hydrogen-bond donors (Lipinski definition) is 2. The molecule has 0 aromatic heterocycles. The number of nitrogens with one attached hydrogen (secondary N) is 1. The Hall–Kier alpha value is -2.73. The number of rotatable bonds is 5. The average Bonchev–Trinajstić information content (AvgIpc) is 2.62. The topological polar surface area (TPSA) is 91.6 Å². The van der Waals surface area contributed by atoms with Crippen molar-refractivity contribution in [1.29, 1.82) is 5.26 Å². The third-order valence-corrected chi connectivity index (χ3v) is 4.12. The maximum Gasteiger partial charge on any atom is 0.266 e. The number of benzene rings is 2. The van der Waals surface area contributed by atoms with Crippen LogP contribution in [0, 0.1) is 14.9 Å². The highest BCUT2D eigenvalue weighted by Crippen LogP contribution is 2.33. The average molecular weight is 450 g/mol. The first-order valence-electron chi connectivity index (χ1n) is 7.12. The van der Waals surface area contributed by atoms with Crippen LogP contribution in [0.5, 0.6) is 17.2 Å². The molecule has 6 nitrogen and oxygen atoms in total. The minimum atomic E-state index is -0.533. The van der Waals surface area contributed by atoms with Gasteiger partial charge in [0.05, 0.1) is 17.8 Å². The van der Waals surface area contributed by atoms with Crippen LogP contribution >= 0.6 is 22.6 Å². The highest BCUT2D eigenvalue weighted by atomic mass is 127. The lowest BCUT2D eigenvalue weighted by Crippen LogP contribution is -2.13. The van der Waals surface area contributed by atoms with Crippen LogP contribution in [0.3, 0.4) is 0 Å². The minimum absolute atomic E-state index is 0.0152. The Labute approximate surface area is 158 Å². The second-order valence-corrected chi connectivity index (χ2v) is 6.07. The van der Waals surface area contributed by atoms with Gasteiger partial charge in [0.15, 0.2) is 11.5 Å². The summed E-state index contributed by atoms with van der Waals surface area (Å²) in [4.78, 5) is 12.3. The molecule has 2 aromatic carbocycles. The molecule has 128 valence electrons. The summed E-state index contributed by atoms with van der Waals surface area (Å²) >= 11 is 1.95. The van der Waals surface area contributed by atoms with Gasteiger partial charge in [0.1, 0.15) is 17.4 Å². The minimum Gasteiger partial charge on any atom is -0.504 e. The van der Waals surface area contributed by atoms with Crippen molar-refractivity contribution in [2.75, 3.05) is 19.5 Å². The SMILES string of the molecule is COc1ccc(NC(=O)/C(C#N)=C\c2cc(I)c(O)c(OC)c2)cc1. The van der Waals surface area contributed by atoms with Crippen LogP contribution in [0.2, 0.25) is 0 Å². The highest BCUT2D eigenvalue weighted by Gasteiger charge is 2.12. The Morgan fingerprint density at radius 2 is 1.92 bits per heavy atom. The summed E-state index contributed by atoms with van der Waals surface area (Å²) in [6.07, 6.45) is 1.43. The fraction of sp³-hybridized carbons (Fsp3) is 0.111. The van der Waals surface area contributed by atoms with Crippen LogP contribution in [0.25, 0.3) is 6.08 Å². The molecule has 0 heterocycles. The molecule has 0 aliphatic heterocycles. The van der Waals surface area contributed by atoms with Crippen LogP contribution in [-0.2, 0) is 4.79 Å². The van der Waals surface area contributed by atoms with Crippen molar-refractivity contribution in [2.24, 2.45) is 0 Å². The van der Waals surface area contributed by atoms with Crippen molar-refractivity contribution in [3.8, 4) is 23.3 Å². The van der Waals surface area contributed by atoms with Gasteiger partial charge < -0.3 is 19.9 Å². The molecule has 0 fully saturated rings. The van der Waals surface area contributed by atoms with Crippen molar-refractivity contribution in [3.05, 3.63) is 51.1 Å². The molecule has 2 N–H and O–H groups in total. The number of ether oxygens (including phenoxy) is 2. The van der Waals surface area contributed by atoms with Gasteiger partial charge in [0.2, 0.25) is 0 Å². The molecule has 7 heteroatoms. The zero-order valence-electron chi connectivity index (χ0n) is 13.5. The summed E-state index contributed by atoms with van der Waals surface area (Å²) < 4.78 is 10.7. The number of anilines is 1. The van der Waals surface area contributed by atoms with Crippen LogP contribution in [0.15, 0.2) is 42.0 Å². The second-order valence-electron chi connectivity index (χ2n) is 4.91. The molecular weight excluding hydrogens is 435 g/mol. The Morgan fingerprint density at radius 1 is 1.24 bits per heavy atom. The number of phenols is 1. The van der Waals surface area contributed by atoms with E-state index in [4.69, 9.17) is 9.47 Å². The summed E-state index contributed by atoms with van der Waals surface area (Å²) in [6, 6.07) is 11.9. The van der Waals surface area contributed by atoms with E-state index in [1.165, 1.54) is 13.2 Å². The van der Waals surface area contributed by atoms with E-state index in [9.17, 15) is 15.2 Å². The third-order valence-electron chi connectivity index (χ3n) is 3.29. The summed E-state index contributed by atoms with van der Waals surface area (Å²) in [5.74, 6) is 0.418. The molecule has 0 saturated heterocycles. The molecule has 0 bridgehead atoms. The highest BCUT2D eigenvalue weighted by molar-refractivity contribution is 14.1. The molecule has 0 aliphatic carbocycles. The number of nitriles is 1. The van der Waals surface area contributed by atoms with Crippen molar-refractivity contribution < 1.29 is 19.4 Å². The normalized spacial score (nSPS) is 10.7. The molecule has 0 atom stereocenters. The third kappa shape index (κ3) is 4.64. The molecule has 25 heavy (non-hydrogen) atoms. The first-order chi connectivity index (χ1) is 12.0. The monoisotopic (exact) mass is 450 g/mol. The van der Waals surface area contributed by atoms with Gasteiger partial charge in [0, 0.05) is 5.69 Å². The van der Waals surface area contributed by atoms with Gasteiger partial charge >= 0.3 is 0 Å². The van der Waals surface area contributed by atoms with Crippen LogP contribution in [0.1, 0.15) is 5.56 Å². The zero-order valence-corrected chi connectivity index (χ0v) is 15.7. The van der Waals surface area contributed by atoms with E-state index in [-0.39, 0.29) is 17.1 Å². The van der Waals surface area contributed by atoms with Gasteiger partial charge in [-0.2, -0.15) is 5.26 Å². The van der Waals surface area contributed by atoms with Gasteiger partial charge in [-0.15, -0.1) is 0 Å². The van der Waals surface area contributed by atoms with Crippen molar-refractivity contribution >= 4 is 40.3 Å². The molecular formula is C18H15IN2O4. The maximum absolute atomic E-state index is 12.3.